The van der Waals surface area contributed by atoms with Crippen LogP contribution in [0.25, 0.3) is 0 Å². The zero-order valence-corrected chi connectivity index (χ0v) is 12.7. The molecule has 19 heavy (non-hydrogen) atoms. The SMILES string of the molecule is COc1cc(NC(=S)Nc2ccccc2)ccc1Br. The third-order valence-electron chi connectivity index (χ3n) is 2.44. The third kappa shape index (κ3) is 3.94. The number of methoxy groups -OCH3 is 1. The van der Waals surface area contributed by atoms with Crippen LogP contribution in [0, 0.1) is 0 Å². The summed E-state index contributed by atoms with van der Waals surface area (Å²) in [7, 11) is 1.63. The number of nitrogens with one attached hydrogen (secondary N) is 2. The number of anilines is 2. The van der Waals surface area contributed by atoms with Crippen LogP contribution in [0.2, 0.25) is 0 Å². The monoisotopic (exact) mass is 336 g/mol. The zero-order chi connectivity index (χ0) is 13.7. The average Bonchev–Trinajstić information content (AvgIpc) is 2.42. The van der Waals surface area contributed by atoms with Gasteiger partial charge in [-0.05, 0) is 52.4 Å². The lowest BCUT2D eigenvalue weighted by atomic mass is 10.3. The van der Waals surface area contributed by atoms with Crippen molar-refractivity contribution in [3.63, 3.8) is 0 Å². The van der Waals surface area contributed by atoms with E-state index in [0.29, 0.717) is 5.11 Å². The molecule has 0 saturated carbocycles. The first kappa shape index (κ1) is 13.8. The Morgan fingerprint density at radius 2 is 1.74 bits per heavy atom. The first-order valence-corrected chi connectivity index (χ1v) is 6.86. The lowest BCUT2D eigenvalue weighted by molar-refractivity contribution is 0.412. The first-order valence-electron chi connectivity index (χ1n) is 5.65. The van der Waals surface area contributed by atoms with Gasteiger partial charge in [-0.1, -0.05) is 18.2 Å². The van der Waals surface area contributed by atoms with Gasteiger partial charge in [-0.3, -0.25) is 0 Å². The highest BCUT2D eigenvalue weighted by molar-refractivity contribution is 9.10. The van der Waals surface area contributed by atoms with E-state index < -0.39 is 0 Å². The molecule has 0 aliphatic rings. The van der Waals surface area contributed by atoms with Gasteiger partial charge in [0.05, 0.1) is 11.6 Å². The molecule has 0 aromatic heterocycles. The van der Waals surface area contributed by atoms with E-state index in [9.17, 15) is 0 Å². The maximum Gasteiger partial charge on any atom is 0.175 e. The van der Waals surface area contributed by atoms with E-state index in [4.69, 9.17) is 17.0 Å². The van der Waals surface area contributed by atoms with E-state index in [0.717, 1.165) is 21.6 Å². The molecule has 2 N–H and O–H groups in total. The Hall–Kier alpha value is -1.59. The molecule has 0 radical (unpaired) electrons. The van der Waals surface area contributed by atoms with Crippen LogP contribution in [-0.2, 0) is 0 Å². The molecule has 2 rings (SSSR count). The fourth-order valence-electron chi connectivity index (χ4n) is 1.55. The molecule has 2 aromatic rings. The highest BCUT2D eigenvalue weighted by atomic mass is 79.9. The highest BCUT2D eigenvalue weighted by Crippen LogP contribution is 2.27. The van der Waals surface area contributed by atoms with Crippen LogP contribution < -0.4 is 15.4 Å². The van der Waals surface area contributed by atoms with Crippen molar-refractivity contribution < 1.29 is 4.74 Å². The molecule has 0 aliphatic heterocycles. The minimum atomic E-state index is 0.538. The van der Waals surface area contributed by atoms with Gasteiger partial charge in [-0.2, -0.15) is 0 Å². The maximum atomic E-state index is 5.26. The second-order valence-corrected chi connectivity index (χ2v) is 5.06. The van der Waals surface area contributed by atoms with Crippen molar-refractivity contribution >= 4 is 44.6 Å². The van der Waals surface area contributed by atoms with Crippen LogP contribution in [0.4, 0.5) is 11.4 Å². The Morgan fingerprint density at radius 3 is 2.42 bits per heavy atom. The Morgan fingerprint density at radius 1 is 1.05 bits per heavy atom. The molecule has 0 saturated heterocycles. The molecule has 0 aliphatic carbocycles. The van der Waals surface area contributed by atoms with Crippen molar-refractivity contribution in [2.24, 2.45) is 0 Å². The van der Waals surface area contributed by atoms with Gasteiger partial charge >= 0.3 is 0 Å². The maximum absolute atomic E-state index is 5.26. The minimum Gasteiger partial charge on any atom is -0.495 e. The fraction of sp³-hybridized carbons (Fsp3) is 0.0714. The molecule has 0 heterocycles. The first-order chi connectivity index (χ1) is 9.19. The largest absolute Gasteiger partial charge is 0.495 e. The number of halogens is 1. The van der Waals surface area contributed by atoms with E-state index in [-0.39, 0.29) is 0 Å². The van der Waals surface area contributed by atoms with Gasteiger partial charge in [0.2, 0.25) is 0 Å². The molecule has 98 valence electrons. The molecule has 0 fully saturated rings. The highest BCUT2D eigenvalue weighted by Gasteiger charge is 2.03. The smallest absolute Gasteiger partial charge is 0.175 e. The molecule has 3 nitrogen and oxygen atoms in total. The van der Waals surface area contributed by atoms with Gasteiger partial charge in [0.1, 0.15) is 5.75 Å². The fourth-order valence-corrected chi connectivity index (χ4v) is 2.20. The molecule has 0 amide bonds. The summed E-state index contributed by atoms with van der Waals surface area (Å²) in [5.41, 5.74) is 1.82. The second-order valence-electron chi connectivity index (χ2n) is 3.79. The van der Waals surface area contributed by atoms with E-state index >= 15 is 0 Å². The number of benzene rings is 2. The molecular weight excluding hydrogens is 324 g/mol. The lowest BCUT2D eigenvalue weighted by Gasteiger charge is -2.12. The van der Waals surface area contributed by atoms with E-state index in [1.54, 1.807) is 7.11 Å². The molecule has 0 spiro atoms. The normalized spacial score (nSPS) is 9.79. The Kier molecular flexibility index (Phi) is 4.76. The number of hydrogen-bond donors (Lipinski definition) is 2. The molecule has 0 bridgehead atoms. The summed E-state index contributed by atoms with van der Waals surface area (Å²) in [5.74, 6) is 0.757. The number of para-hydroxylation sites is 1. The Bertz CT molecular complexity index is 575. The summed E-state index contributed by atoms with van der Waals surface area (Å²) in [6.07, 6.45) is 0. The van der Waals surface area contributed by atoms with Crippen molar-refractivity contribution in [1.29, 1.82) is 0 Å². The van der Waals surface area contributed by atoms with Crippen LogP contribution in [-0.4, -0.2) is 12.2 Å². The van der Waals surface area contributed by atoms with E-state index in [1.165, 1.54) is 0 Å². The van der Waals surface area contributed by atoms with Gasteiger partial charge in [0.25, 0.3) is 0 Å². The zero-order valence-electron chi connectivity index (χ0n) is 10.3. The minimum absolute atomic E-state index is 0.538. The van der Waals surface area contributed by atoms with Crippen LogP contribution in [0.1, 0.15) is 0 Å². The summed E-state index contributed by atoms with van der Waals surface area (Å²) >= 11 is 8.66. The van der Waals surface area contributed by atoms with Crippen molar-refractivity contribution in [2.45, 2.75) is 0 Å². The van der Waals surface area contributed by atoms with Crippen molar-refractivity contribution in [2.75, 3.05) is 17.7 Å². The summed E-state index contributed by atoms with van der Waals surface area (Å²) in [5, 5.41) is 6.76. The van der Waals surface area contributed by atoms with Gasteiger partial charge in [-0.15, -0.1) is 0 Å². The van der Waals surface area contributed by atoms with E-state index in [1.807, 2.05) is 48.5 Å². The van der Waals surface area contributed by atoms with Gasteiger partial charge in [-0.25, -0.2) is 0 Å². The molecular formula is C14H13BrN2OS. The Balaban J connectivity index is 2.03. The van der Waals surface area contributed by atoms with Crippen LogP contribution in [0.3, 0.4) is 0 Å². The number of hydrogen-bond acceptors (Lipinski definition) is 2. The number of ether oxygens (including phenoxy) is 1. The lowest BCUT2D eigenvalue weighted by Crippen LogP contribution is -2.18. The molecule has 2 aromatic carbocycles. The van der Waals surface area contributed by atoms with Crippen LogP contribution in [0.5, 0.6) is 5.75 Å². The van der Waals surface area contributed by atoms with E-state index in [2.05, 4.69) is 26.6 Å². The molecule has 5 heteroatoms. The predicted molar refractivity (Wildman–Crippen MR) is 87.0 cm³/mol. The summed E-state index contributed by atoms with van der Waals surface area (Å²) in [4.78, 5) is 0. The Labute approximate surface area is 126 Å². The average molecular weight is 337 g/mol. The quantitative estimate of drug-likeness (QED) is 0.820. The molecule has 0 unspecified atom stereocenters. The third-order valence-corrected chi connectivity index (χ3v) is 3.30. The number of rotatable bonds is 3. The van der Waals surface area contributed by atoms with Crippen molar-refractivity contribution in [3.05, 3.63) is 53.0 Å². The van der Waals surface area contributed by atoms with Crippen LogP contribution in [0.15, 0.2) is 53.0 Å². The standard InChI is InChI=1S/C14H13BrN2OS/c1-18-13-9-11(7-8-12(13)15)17-14(19)16-10-5-3-2-4-6-10/h2-9H,1H3,(H2,16,17,19). The van der Waals surface area contributed by atoms with Gasteiger partial charge < -0.3 is 15.4 Å². The summed E-state index contributed by atoms with van der Waals surface area (Å²) in [6, 6.07) is 15.5. The number of thiocarbonyl (C=S) groups is 1. The predicted octanol–water partition coefficient (Wildman–Crippen LogP) is 4.27. The summed E-state index contributed by atoms with van der Waals surface area (Å²) < 4.78 is 6.14. The second kappa shape index (κ2) is 6.54. The van der Waals surface area contributed by atoms with Crippen LogP contribution >= 0.6 is 28.1 Å². The van der Waals surface area contributed by atoms with Crippen molar-refractivity contribution in [1.82, 2.24) is 0 Å². The van der Waals surface area contributed by atoms with Crippen molar-refractivity contribution in [3.8, 4) is 5.75 Å². The topological polar surface area (TPSA) is 33.3 Å². The van der Waals surface area contributed by atoms with Gasteiger partial charge in [0.15, 0.2) is 5.11 Å². The van der Waals surface area contributed by atoms with Gasteiger partial charge in [0, 0.05) is 17.4 Å². The molecule has 0 atom stereocenters. The summed E-state index contributed by atoms with van der Waals surface area (Å²) in [6.45, 7) is 0.